The molecule has 4 N–H and O–H groups in total. The lowest BCUT2D eigenvalue weighted by molar-refractivity contribution is -0.192. The Morgan fingerprint density at radius 3 is 2.06 bits per heavy atom. The Bertz CT molecular complexity index is 400. The van der Waals surface area contributed by atoms with Gasteiger partial charge in [0.1, 0.15) is 6.26 Å². The van der Waals surface area contributed by atoms with E-state index in [0.717, 1.165) is 6.26 Å². The highest BCUT2D eigenvalue weighted by Crippen LogP contribution is 2.13. The minimum atomic E-state index is -5.08. The van der Waals surface area contributed by atoms with Crippen molar-refractivity contribution in [1.82, 2.24) is 4.98 Å². The fraction of sp³-hybridized carbons (Fsp3) is 0.286. The van der Waals surface area contributed by atoms with Gasteiger partial charge < -0.3 is 20.4 Å². The van der Waals surface area contributed by atoms with E-state index in [1.807, 2.05) is 0 Å². The minimum absolute atomic E-state index is 0.111. The number of hydrogen-bond donors (Lipinski definition) is 3. The van der Waals surface area contributed by atoms with E-state index in [-0.39, 0.29) is 18.1 Å². The first-order chi connectivity index (χ1) is 7.68. The average Bonchev–Trinajstić information content (AvgIpc) is 2.65. The molecule has 10 heteroatoms. The summed E-state index contributed by atoms with van der Waals surface area (Å²) in [5.41, 5.74) is 5.00. The van der Waals surface area contributed by atoms with E-state index >= 15 is 0 Å². The van der Waals surface area contributed by atoms with Gasteiger partial charge >= 0.3 is 18.1 Å². The molecule has 0 aliphatic rings. The lowest BCUT2D eigenvalue weighted by Gasteiger charge is -1.93. The van der Waals surface area contributed by atoms with Gasteiger partial charge in [0.15, 0.2) is 5.69 Å². The highest BCUT2D eigenvalue weighted by atomic mass is 19.4. The molecule has 0 saturated heterocycles. The van der Waals surface area contributed by atoms with Gasteiger partial charge in [0.25, 0.3) is 0 Å². The number of carboxylic acid groups (broad SMARTS) is 2. The molecule has 0 spiro atoms. The van der Waals surface area contributed by atoms with Crippen molar-refractivity contribution in [3.8, 4) is 0 Å². The molecule has 17 heavy (non-hydrogen) atoms. The van der Waals surface area contributed by atoms with Gasteiger partial charge in [0.05, 0.1) is 6.54 Å². The molecule has 96 valence electrons. The van der Waals surface area contributed by atoms with Crippen molar-refractivity contribution in [2.75, 3.05) is 0 Å². The zero-order valence-corrected chi connectivity index (χ0v) is 8.06. The summed E-state index contributed by atoms with van der Waals surface area (Å²) in [5.74, 6) is -3.63. The van der Waals surface area contributed by atoms with Crippen LogP contribution in [0.1, 0.15) is 16.4 Å². The number of aliphatic carboxylic acids is 1. The van der Waals surface area contributed by atoms with Crippen LogP contribution in [0.4, 0.5) is 13.2 Å². The summed E-state index contributed by atoms with van der Waals surface area (Å²) < 4.78 is 36.4. The van der Waals surface area contributed by atoms with E-state index in [1.165, 1.54) is 0 Å². The molecular weight excluding hydrogens is 249 g/mol. The summed E-state index contributed by atoms with van der Waals surface area (Å²) >= 11 is 0. The summed E-state index contributed by atoms with van der Waals surface area (Å²) in [4.78, 5) is 22.6. The molecule has 0 aromatic carbocycles. The van der Waals surface area contributed by atoms with Gasteiger partial charge in [0, 0.05) is 0 Å². The monoisotopic (exact) mass is 256 g/mol. The number of aromatic nitrogens is 1. The number of hydrogen-bond acceptors (Lipinski definition) is 5. The zero-order chi connectivity index (χ0) is 13.6. The van der Waals surface area contributed by atoms with Crippen LogP contribution < -0.4 is 5.73 Å². The number of nitrogens with zero attached hydrogens (tertiary/aromatic N) is 1. The summed E-state index contributed by atoms with van der Waals surface area (Å²) in [6.45, 7) is 0.118. The SMILES string of the molecule is NCc1nc(C(=O)O)co1.O=C(O)C(F)(F)F. The van der Waals surface area contributed by atoms with Gasteiger partial charge in [-0.3, -0.25) is 0 Å². The Balaban J connectivity index is 0.000000325. The molecule has 0 atom stereocenters. The van der Waals surface area contributed by atoms with Gasteiger partial charge in [-0.25, -0.2) is 14.6 Å². The van der Waals surface area contributed by atoms with Crippen LogP contribution in [0.25, 0.3) is 0 Å². The van der Waals surface area contributed by atoms with Crippen molar-refractivity contribution < 1.29 is 37.4 Å². The van der Waals surface area contributed by atoms with E-state index in [0.29, 0.717) is 0 Å². The van der Waals surface area contributed by atoms with Crippen molar-refractivity contribution >= 4 is 11.9 Å². The molecule has 0 fully saturated rings. The van der Waals surface area contributed by atoms with Crippen LogP contribution in [0.3, 0.4) is 0 Å². The van der Waals surface area contributed by atoms with Crippen LogP contribution in [0.5, 0.6) is 0 Å². The lowest BCUT2D eigenvalue weighted by atomic mass is 10.5. The van der Waals surface area contributed by atoms with Crippen LogP contribution in [0.15, 0.2) is 10.7 Å². The average molecular weight is 256 g/mol. The second-order valence-corrected chi connectivity index (χ2v) is 2.44. The van der Waals surface area contributed by atoms with Crippen LogP contribution in [-0.4, -0.2) is 33.3 Å². The first-order valence-electron chi connectivity index (χ1n) is 3.86. The largest absolute Gasteiger partial charge is 0.490 e. The Kier molecular flexibility index (Phi) is 5.12. The van der Waals surface area contributed by atoms with E-state index < -0.39 is 18.1 Å². The van der Waals surface area contributed by atoms with Crippen molar-refractivity contribution in [1.29, 1.82) is 0 Å². The van der Waals surface area contributed by atoms with Gasteiger partial charge in [-0.15, -0.1) is 0 Å². The predicted octanol–water partition coefficient (Wildman–Crippen LogP) is 0.465. The third-order valence-corrected chi connectivity index (χ3v) is 1.19. The number of aromatic carboxylic acids is 1. The molecule has 1 rings (SSSR count). The summed E-state index contributed by atoms with van der Waals surface area (Å²) in [5, 5.41) is 15.5. The van der Waals surface area contributed by atoms with Gasteiger partial charge in [0.2, 0.25) is 5.89 Å². The van der Waals surface area contributed by atoms with E-state index in [2.05, 4.69) is 9.40 Å². The first-order valence-corrected chi connectivity index (χ1v) is 3.86. The van der Waals surface area contributed by atoms with Crippen molar-refractivity contribution in [3.05, 3.63) is 17.8 Å². The fourth-order valence-electron chi connectivity index (χ4n) is 0.503. The summed E-state index contributed by atoms with van der Waals surface area (Å²) in [6, 6.07) is 0. The van der Waals surface area contributed by atoms with E-state index in [1.54, 1.807) is 0 Å². The number of alkyl halides is 3. The first kappa shape index (κ1) is 14.9. The number of rotatable bonds is 2. The quantitative estimate of drug-likeness (QED) is 0.701. The van der Waals surface area contributed by atoms with E-state index in [9.17, 15) is 18.0 Å². The van der Waals surface area contributed by atoms with Crippen LogP contribution in [0, 0.1) is 0 Å². The van der Waals surface area contributed by atoms with Crippen LogP contribution in [0.2, 0.25) is 0 Å². The number of carbonyl (C=O) groups is 2. The maximum atomic E-state index is 10.6. The second-order valence-electron chi connectivity index (χ2n) is 2.44. The van der Waals surface area contributed by atoms with Crippen molar-refractivity contribution in [2.45, 2.75) is 12.7 Å². The molecule has 0 radical (unpaired) electrons. The third-order valence-electron chi connectivity index (χ3n) is 1.19. The van der Waals surface area contributed by atoms with Crippen molar-refractivity contribution in [3.63, 3.8) is 0 Å². The molecule has 0 aliphatic carbocycles. The van der Waals surface area contributed by atoms with Gasteiger partial charge in [-0.1, -0.05) is 0 Å². The maximum Gasteiger partial charge on any atom is 0.490 e. The molecule has 1 heterocycles. The number of halogens is 3. The topological polar surface area (TPSA) is 127 Å². The van der Waals surface area contributed by atoms with Crippen LogP contribution >= 0.6 is 0 Å². The zero-order valence-electron chi connectivity index (χ0n) is 8.06. The predicted molar refractivity (Wildman–Crippen MR) is 45.0 cm³/mol. The summed E-state index contributed by atoms with van der Waals surface area (Å²) in [6.07, 6.45) is -4.02. The molecule has 0 saturated carbocycles. The lowest BCUT2D eigenvalue weighted by Crippen LogP contribution is -2.21. The van der Waals surface area contributed by atoms with Crippen molar-refractivity contribution in [2.24, 2.45) is 5.73 Å². The van der Waals surface area contributed by atoms with Gasteiger partial charge in [-0.05, 0) is 0 Å². The second kappa shape index (κ2) is 5.84. The van der Waals surface area contributed by atoms with E-state index in [4.69, 9.17) is 20.7 Å². The molecule has 7 nitrogen and oxygen atoms in total. The fourth-order valence-corrected chi connectivity index (χ4v) is 0.503. The number of carboxylic acids is 2. The Labute approximate surface area is 91.7 Å². The molecular formula is C7H7F3N2O5. The highest BCUT2D eigenvalue weighted by Gasteiger charge is 2.38. The Morgan fingerprint density at radius 2 is 1.88 bits per heavy atom. The molecule has 0 amide bonds. The highest BCUT2D eigenvalue weighted by molar-refractivity contribution is 5.84. The Hall–Kier alpha value is -2.10. The number of oxazole rings is 1. The minimum Gasteiger partial charge on any atom is -0.476 e. The summed E-state index contributed by atoms with van der Waals surface area (Å²) in [7, 11) is 0. The molecule has 0 aliphatic heterocycles. The normalized spacial score (nSPS) is 10.4. The molecule has 1 aromatic heterocycles. The molecule has 0 bridgehead atoms. The number of nitrogens with two attached hydrogens (primary N) is 1. The Morgan fingerprint density at radius 1 is 1.41 bits per heavy atom. The van der Waals surface area contributed by atoms with Gasteiger partial charge in [-0.2, -0.15) is 13.2 Å². The standard InChI is InChI=1S/C5H6N2O3.C2HF3O2/c6-1-4-7-3(2-10-4)5(8)9;3-2(4,5)1(6)7/h2H,1,6H2,(H,8,9);(H,6,7). The molecule has 1 aromatic rings. The van der Waals surface area contributed by atoms with Crippen LogP contribution in [-0.2, 0) is 11.3 Å². The smallest absolute Gasteiger partial charge is 0.476 e. The third kappa shape index (κ3) is 5.51. The molecule has 0 unspecified atom stereocenters. The maximum absolute atomic E-state index is 10.6.